The molecule has 0 saturated carbocycles. The third-order valence-electron chi connectivity index (χ3n) is 1.87. The van der Waals surface area contributed by atoms with Crippen LogP contribution in [0.3, 0.4) is 0 Å². The van der Waals surface area contributed by atoms with Gasteiger partial charge in [-0.25, -0.2) is 17.2 Å². The number of nitrogens with one attached hydrogen (secondary N) is 1. The van der Waals surface area contributed by atoms with Crippen molar-refractivity contribution in [2.24, 2.45) is 0 Å². The summed E-state index contributed by atoms with van der Waals surface area (Å²) in [7, 11) is -3.21. The second-order valence-electron chi connectivity index (χ2n) is 3.10. The van der Waals surface area contributed by atoms with Gasteiger partial charge < -0.3 is 4.74 Å². The monoisotopic (exact) mass is 343 g/mol. The van der Waals surface area contributed by atoms with Gasteiger partial charge in [-0.1, -0.05) is 0 Å². The first-order chi connectivity index (χ1) is 8.27. The zero-order chi connectivity index (χ0) is 13.9. The van der Waals surface area contributed by atoms with Crippen molar-refractivity contribution in [3.8, 4) is 0 Å². The number of carbonyl (C=O) groups excluding carboxylic acids is 1. The normalized spacial score (nSPS) is 11.3. The summed E-state index contributed by atoms with van der Waals surface area (Å²) in [4.78, 5) is 10.0. The minimum absolute atomic E-state index is 0.280. The molecule has 0 fully saturated rings. The van der Waals surface area contributed by atoms with Gasteiger partial charge in [0.25, 0.3) is 0 Å². The average Bonchev–Trinajstić information content (AvgIpc) is 2.24. The molecule has 0 saturated heterocycles. The number of hydrogen-bond donors (Lipinski definition) is 1. The topological polar surface area (TPSA) is 72.5 Å². The number of rotatable bonds is 4. The predicted octanol–water partition coefficient (Wildman–Crippen LogP) is 1.18. The molecule has 1 N–H and O–H groups in total. The molecule has 0 aliphatic heterocycles. The number of esters is 1. The van der Waals surface area contributed by atoms with Crippen LogP contribution in [-0.2, 0) is 19.6 Å². The van der Waals surface area contributed by atoms with E-state index in [0.717, 1.165) is 13.2 Å². The molecule has 0 aliphatic rings. The first-order valence-electron chi connectivity index (χ1n) is 4.49. The van der Waals surface area contributed by atoms with E-state index in [1.807, 2.05) is 4.72 Å². The summed E-state index contributed by atoms with van der Waals surface area (Å²) in [5.41, 5.74) is 0. The van der Waals surface area contributed by atoms with Gasteiger partial charge in [0, 0.05) is 10.5 Å². The summed E-state index contributed by atoms with van der Waals surface area (Å²) in [5.74, 6) is -3.03. The molecule has 1 rings (SSSR count). The molecule has 0 radical (unpaired) electrons. The largest absolute Gasteiger partial charge is 0.468 e. The van der Waals surface area contributed by atoms with Crippen molar-refractivity contribution in [2.45, 2.75) is 4.90 Å². The number of halogens is 3. The lowest BCUT2D eigenvalue weighted by Crippen LogP contribution is -2.31. The Morgan fingerprint density at radius 1 is 1.44 bits per heavy atom. The van der Waals surface area contributed by atoms with E-state index < -0.39 is 39.1 Å². The maximum Gasteiger partial charge on any atom is 0.320 e. The van der Waals surface area contributed by atoms with E-state index in [-0.39, 0.29) is 4.47 Å². The average molecular weight is 344 g/mol. The third-order valence-corrected chi connectivity index (χ3v) is 4.23. The highest BCUT2D eigenvalue weighted by atomic mass is 79.9. The molecule has 0 atom stereocenters. The van der Waals surface area contributed by atoms with Crippen LogP contribution in [0.25, 0.3) is 0 Å². The van der Waals surface area contributed by atoms with Crippen molar-refractivity contribution in [1.82, 2.24) is 4.72 Å². The Morgan fingerprint density at radius 3 is 2.56 bits per heavy atom. The molecule has 0 bridgehead atoms. The highest BCUT2D eigenvalue weighted by molar-refractivity contribution is 9.10. The predicted molar refractivity (Wildman–Crippen MR) is 61.3 cm³/mol. The highest BCUT2D eigenvalue weighted by Crippen LogP contribution is 2.25. The van der Waals surface area contributed by atoms with Crippen LogP contribution < -0.4 is 4.72 Å². The van der Waals surface area contributed by atoms with E-state index in [4.69, 9.17) is 0 Å². The van der Waals surface area contributed by atoms with Crippen molar-refractivity contribution in [3.63, 3.8) is 0 Å². The maximum atomic E-state index is 13.4. The minimum atomic E-state index is -4.28. The first-order valence-corrected chi connectivity index (χ1v) is 6.76. The fourth-order valence-corrected chi connectivity index (χ4v) is 3.21. The summed E-state index contributed by atoms with van der Waals surface area (Å²) in [6, 6.07) is 1.23. The summed E-state index contributed by atoms with van der Waals surface area (Å²) >= 11 is 2.74. The van der Waals surface area contributed by atoms with Crippen LogP contribution in [-0.4, -0.2) is 28.0 Å². The standard InChI is InChI=1S/C9H8BrF2NO4S/c1-17-8(14)4-13-18(15,16)9-6(10)2-5(11)3-7(9)12/h2-3,13H,4H2,1H3. The molecule has 5 nitrogen and oxygen atoms in total. The number of benzene rings is 1. The van der Waals surface area contributed by atoms with Gasteiger partial charge in [0.15, 0.2) is 0 Å². The van der Waals surface area contributed by atoms with E-state index in [1.54, 1.807) is 0 Å². The zero-order valence-electron chi connectivity index (χ0n) is 9.04. The fraction of sp³-hybridized carbons (Fsp3) is 0.222. The fourth-order valence-electron chi connectivity index (χ4n) is 1.08. The minimum Gasteiger partial charge on any atom is -0.468 e. The van der Waals surface area contributed by atoms with Crippen LogP contribution in [0, 0.1) is 11.6 Å². The summed E-state index contributed by atoms with van der Waals surface area (Å²) in [6.45, 7) is -0.651. The molecular weight excluding hydrogens is 336 g/mol. The van der Waals surface area contributed by atoms with Crippen molar-refractivity contribution in [1.29, 1.82) is 0 Å². The molecule has 0 aromatic heterocycles. The molecule has 1 aromatic carbocycles. The summed E-state index contributed by atoms with van der Waals surface area (Å²) in [5, 5.41) is 0. The van der Waals surface area contributed by atoms with E-state index in [1.165, 1.54) is 0 Å². The Hall–Kier alpha value is -1.06. The molecule has 0 spiro atoms. The molecule has 18 heavy (non-hydrogen) atoms. The number of carbonyl (C=O) groups is 1. The number of hydrogen-bond acceptors (Lipinski definition) is 4. The molecule has 0 aliphatic carbocycles. The van der Waals surface area contributed by atoms with Crippen molar-refractivity contribution in [3.05, 3.63) is 28.2 Å². The van der Waals surface area contributed by atoms with Crippen LogP contribution in [0.1, 0.15) is 0 Å². The van der Waals surface area contributed by atoms with Crippen LogP contribution in [0.5, 0.6) is 0 Å². The van der Waals surface area contributed by atoms with E-state index >= 15 is 0 Å². The molecule has 0 amide bonds. The Labute approximate surface area is 110 Å². The van der Waals surface area contributed by atoms with Gasteiger partial charge in [-0.3, -0.25) is 4.79 Å². The maximum absolute atomic E-state index is 13.4. The number of sulfonamides is 1. The molecular formula is C9H8BrF2NO4S. The zero-order valence-corrected chi connectivity index (χ0v) is 11.4. The molecule has 1 aromatic rings. The van der Waals surface area contributed by atoms with Gasteiger partial charge >= 0.3 is 5.97 Å². The van der Waals surface area contributed by atoms with E-state index in [0.29, 0.717) is 6.07 Å². The molecule has 0 unspecified atom stereocenters. The van der Waals surface area contributed by atoms with Gasteiger partial charge in [0.1, 0.15) is 23.1 Å². The van der Waals surface area contributed by atoms with Gasteiger partial charge in [0.2, 0.25) is 10.0 Å². The van der Waals surface area contributed by atoms with E-state index in [9.17, 15) is 22.0 Å². The van der Waals surface area contributed by atoms with Crippen LogP contribution in [0.4, 0.5) is 8.78 Å². The smallest absolute Gasteiger partial charge is 0.320 e. The van der Waals surface area contributed by atoms with Gasteiger partial charge in [0.05, 0.1) is 7.11 Å². The van der Waals surface area contributed by atoms with Gasteiger partial charge in [-0.2, -0.15) is 4.72 Å². The van der Waals surface area contributed by atoms with Crippen molar-refractivity contribution < 1.29 is 26.7 Å². The Bertz CT molecular complexity index is 553. The van der Waals surface area contributed by atoms with Crippen molar-refractivity contribution in [2.75, 3.05) is 13.7 Å². The first kappa shape index (κ1) is 15.0. The Morgan fingerprint density at radius 2 is 2.06 bits per heavy atom. The highest BCUT2D eigenvalue weighted by Gasteiger charge is 2.24. The Kier molecular flexibility index (Phi) is 4.77. The van der Waals surface area contributed by atoms with Crippen LogP contribution in [0.2, 0.25) is 0 Å². The second-order valence-corrected chi connectivity index (χ2v) is 5.66. The SMILES string of the molecule is COC(=O)CNS(=O)(=O)c1c(F)cc(F)cc1Br. The molecule has 9 heteroatoms. The quantitative estimate of drug-likeness (QED) is 0.833. The summed E-state index contributed by atoms with van der Waals surface area (Å²) in [6.07, 6.45) is 0. The van der Waals surface area contributed by atoms with Crippen molar-refractivity contribution >= 4 is 31.9 Å². The second kappa shape index (κ2) is 5.72. The summed E-state index contributed by atoms with van der Waals surface area (Å²) < 4.78 is 55.4. The van der Waals surface area contributed by atoms with Crippen LogP contribution >= 0.6 is 15.9 Å². The molecule has 100 valence electrons. The lowest BCUT2D eigenvalue weighted by atomic mass is 10.3. The van der Waals surface area contributed by atoms with Gasteiger partial charge in [-0.05, 0) is 22.0 Å². The number of methoxy groups -OCH3 is 1. The van der Waals surface area contributed by atoms with E-state index in [2.05, 4.69) is 20.7 Å². The Balaban J connectivity index is 3.10. The molecule has 0 heterocycles. The van der Waals surface area contributed by atoms with Crippen LogP contribution in [0.15, 0.2) is 21.5 Å². The van der Waals surface area contributed by atoms with Gasteiger partial charge in [-0.15, -0.1) is 0 Å². The third kappa shape index (κ3) is 3.47. The lowest BCUT2D eigenvalue weighted by molar-refractivity contribution is -0.139. The lowest BCUT2D eigenvalue weighted by Gasteiger charge is -2.08. The number of ether oxygens (including phenoxy) is 1.